The van der Waals surface area contributed by atoms with E-state index in [1.54, 1.807) is 0 Å². The quantitative estimate of drug-likeness (QED) is 0.749. The molecule has 0 aliphatic carbocycles. The van der Waals surface area contributed by atoms with Crippen LogP contribution < -0.4 is 15.4 Å². The summed E-state index contributed by atoms with van der Waals surface area (Å²) in [5.41, 5.74) is 1.51. The highest BCUT2D eigenvalue weighted by atomic mass is 19.1. The first-order valence-electron chi connectivity index (χ1n) is 8.01. The van der Waals surface area contributed by atoms with Crippen molar-refractivity contribution in [2.75, 3.05) is 17.2 Å². The van der Waals surface area contributed by atoms with Crippen LogP contribution >= 0.6 is 0 Å². The van der Waals surface area contributed by atoms with E-state index in [0.29, 0.717) is 18.7 Å². The molecule has 0 atom stereocenters. The van der Waals surface area contributed by atoms with Crippen molar-refractivity contribution in [2.45, 2.75) is 26.7 Å². The number of nitrogens with one attached hydrogen (secondary N) is 2. The number of benzene rings is 2. The third-order valence-electron chi connectivity index (χ3n) is 3.46. The molecule has 2 aromatic rings. The summed E-state index contributed by atoms with van der Waals surface area (Å²) in [5, 5.41) is 5.06. The maximum Gasteiger partial charge on any atom is 0.224 e. The summed E-state index contributed by atoms with van der Waals surface area (Å²) in [6, 6.07) is 11.7. The monoisotopic (exact) mass is 344 g/mol. The summed E-state index contributed by atoms with van der Waals surface area (Å²) in [4.78, 5) is 23.0. The van der Waals surface area contributed by atoms with Gasteiger partial charge in [-0.2, -0.15) is 0 Å². The number of amides is 2. The lowest BCUT2D eigenvalue weighted by molar-refractivity contribution is -0.116. The fraction of sp³-hybridized carbons (Fsp3) is 0.263. The van der Waals surface area contributed by atoms with E-state index in [2.05, 4.69) is 10.6 Å². The Hall–Kier alpha value is -2.89. The molecule has 2 N–H and O–H groups in total. The minimum atomic E-state index is -0.556. The molecule has 0 saturated carbocycles. The van der Waals surface area contributed by atoms with Crippen LogP contribution in [0.4, 0.5) is 15.8 Å². The summed E-state index contributed by atoms with van der Waals surface area (Å²) in [7, 11) is 0. The van der Waals surface area contributed by atoms with Crippen molar-refractivity contribution >= 4 is 23.2 Å². The number of aryl methyl sites for hydroxylation is 1. The van der Waals surface area contributed by atoms with Crippen molar-refractivity contribution in [1.29, 1.82) is 0 Å². The molecular weight excluding hydrogens is 323 g/mol. The van der Waals surface area contributed by atoms with E-state index in [0.717, 1.165) is 11.3 Å². The second-order valence-electron chi connectivity index (χ2n) is 5.64. The number of para-hydroxylation sites is 1. The Morgan fingerprint density at radius 3 is 2.60 bits per heavy atom. The summed E-state index contributed by atoms with van der Waals surface area (Å²) in [5.74, 6) is -0.328. The lowest BCUT2D eigenvalue weighted by Gasteiger charge is -2.10. The van der Waals surface area contributed by atoms with E-state index in [1.807, 2.05) is 31.2 Å². The molecule has 0 aromatic heterocycles. The average molecular weight is 344 g/mol. The van der Waals surface area contributed by atoms with Gasteiger partial charge < -0.3 is 15.4 Å². The Bertz CT molecular complexity index is 762. The van der Waals surface area contributed by atoms with Crippen LogP contribution in [0.15, 0.2) is 42.5 Å². The summed E-state index contributed by atoms with van der Waals surface area (Å²) >= 11 is 0. The highest BCUT2D eigenvalue weighted by Crippen LogP contribution is 2.20. The predicted octanol–water partition coefficient (Wildman–Crippen LogP) is 3.89. The normalized spacial score (nSPS) is 10.2. The third-order valence-corrected chi connectivity index (χ3v) is 3.46. The number of rotatable bonds is 7. The average Bonchev–Trinajstić information content (AvgIpc) is 2.56. The molecule has 132 valence electrons. The lowest BCUT2D eigenvalue weighted by atomic mass is 10.2. The molecule has 2 aromatic carbocycles. The first-order valence-corrected chi connectivity index (χ1v) is 8.01. The van der Waals surface area contributed by atoms with E-state index in [1.165, 1.54) is 25.1 Å². The molecule has 0 bridgehead atoms. The van der Waals surface area contributed by atoms with Crippen molar-refractivity contribution < 1.29 is 18.7 Å². The van der Waals surface area contributed by atoms with Crippen molar-refractivity contribution in [3.05, 3.63) is 53.8 Å². The van der Waals surface area contributed by atoms with Crippen LogP contribution in [0.25, 0.3) is 0 Å². The van der Waals surface area contributed by atoms with E-state index in [9.17, 15) is 14.0 Å². The van der Waals surface area contributed by atoms with Crippen LogP contribution in [0.3, 0.4) is 0 Å². The minimum absolute atomic E-state index is 0.0354. The largest absolute Gasteiger partial charge is 0.493 e. The predicted molar refractivity (Wildman–Crippen MR) is 95.2 cm³/mol. The number of hydrogen-bond acceptors (Lipinski definition) is 3. The zero-order valence-electron chi connectivity index (χ0n) is 14.3. The third kappa shape index (κ3) is 5.91. The van der Waals surface area contributed by atoms with Gasteiger partial charge >= 0.3 is 0 Å². The Morgan fingerprint density at radius 1 is 1.12 bits per heavy atom. The van der Waals surface area contributed by atoms with Crippen LogP contribution in [-0.4, -0.2) is 18.4 Å². The van der Waals surface area contributed by atoms with Gasteiger partial charge in [0.05, 0.1) is 12.3 Å². The minimum Gasteiger partial charge on any atom is -0.493 e. The summed E-state index contributed by atoms with van der Waals surface area (Å²) < 4.78 is 19.2. The molecule has 0 aliphatic rings. The fourth-order valence-electron chi connectivity index (χ4n) is 2.25. The van der Waals surface area contributed by atoms with Crippen molar-refractivity contribution in [1.82, 2.24) is 0 Å². The zero-order valence-corrected chi connectivity index (χ0v) is 14.3. The molecule has 2 amide bonds. The van der Waals surface area contributed by atoms with Gasteiger partial charge in [0.2, 0.25) is 11.8 Å². The van der Waals surface area contributed by atoms with Gasteiger partial charge in [-0.05, 0) is 43.2 Å². The number of halogens is 1. The molecular formula is C19H21FN2O3. The van der Waals surface area contributed by atoms with Gasteiger partial charge in [-0.3, -0.25) is 9.59 Å². The van der Waals surface area contributed by atoms with Crippen molar-refractivity contribution in [3.8, 4) is 5.75 Å². The molecule has 6 heteroatoms. The first-order chi connectivity index (χ1) is 12.0. The molecule has 5 nitrogen and oxygen atoms in total. The molecule has 0 aliphatic heterocycles. The van der Waals surface area contributed by atoms with E-state index < -0.39 is 5.82 Å². The molecule has 0 radical (unpaired) electrons. The van der Waals surface area contributed by atoms with E-state index >= 15 is 0 Å². The van der Waals surface area contributed by atoms with Gasteiger partial charge in [-0.1, -0.05) is 18.2 Å². The topological polar surface area (TPSA) is 67.4 Å². The Balaban J connectivity index is 1.80. The zero-order chi connectivity index (χ0) is 18.2. The number of carbonyl (C=O) groups excluding carboxylic acids is 2. The molecule has 0 spiro atoms. The maximum atomic E-state index is 13.6. The van der Waals surface area contributed by atoms with Gasteiger partial charge in [0, 0.05) is 19.0 Å². The molecule has 0 heterocycles. The Labute approximate surface area is 146 Å². The van der Waals surface area contributed by atoms with Gasteiger partial charge in [0.15, 0.2) is 0 Å². The Kier molecular flexibility index (Phi) is 6.51. The molecule has 0 unspecified atom stereocenters. The van der Waals surface area contributed by atoms with Crippen LogP contribution in [-0.2, 0) is 9.59 Å². The molecule has 2 rings (SSSR count). The molecule has 0 saturated heterocycles. The highest BCUT2D eigenvalue weighted by Gasteiger charge is 2.08. The van der Waals surface area contributed by atoms with Crippen LogP contribution in [0.1, 0.15) is 25.3 Å². The van der Waals surface area contributed by atoms with E-state index in [-0.39, 0.29) is 23.9 Å². The second-order valence-corrected chi connectivity index (χ2v) is 5.64. The summed E-state index contributed by atoms with van der Waals surface area (Å²) in [6.45, 7) is 3.68. The standard InChI is InChI=1S/C19H21FN2O3/c1-13-6-3-4-7-18(13)25-11-5-8-19(24)22-15-9-10-16(20)17(12-15)21-14(2)23/h3-4,6-7,9-10,12H,5,8,11H2,1-2H3,(H,21,23)(H,22,24). The van der Waals surface area contributed by atoms with Crippen LogP contribution in [0.5, 0.6) is 5.75 Å². The second kappa shape index (κ2) is 8.82. The smallest absolute Gasteiger partial charge is 0.224 e. The van der Waals surface area contributed by atoms with Gasteiger partial charge in [0.25, 0.3) is 0 Å². The van der Waals surface area contributed by atoms with Gasteiger partial charge in [0.1, 0.15) is 11.6 Å². The molecule has 25 heavy (non-hydrogen) atoms. The van der Waals surface area contributed by atoms with Gasteiger partial charge in [-0.25, -0.2) is 4.39 Å². The maximum absolute atomic E-state index is 13.6. The van der Waals surface area contributed by atoms with E-state index in [4.69, 9.17) is 4.74 Å². The number of anilines is 2. The van der Waals surface area contributed by atoms with Crippen molar-refractivity contribution in [3.63, 3.8) is 0 Å². The number of carbonyl (C=O) groups is 2. The van der Waals surface area contributed by atoms with Crippen LogP contribution in [0.2, 0.25) is 0 Å². The van der Waals surface area contributed by atoms with Crippen LogP contribution in [0, 0.1) is 12.7 Å². The lowest BCUT2D eigenvalue weighted by Crippen LogP contribution is -2.14. The van der Waals surface area contributed by atoms with Crippen molar-refractivity contribution in [2.24, 2.45) is 0 Å². The number of hydrogen-bond donors (Lipinski definition) is 2. The SMILES string of the molecule is CC(=O)Nc1cc(NC(=O)CCCOc2ccccc2C)ccc1F. The summed E-state index contributed by atoms with van der Waals surface area (Å²) in [6.07, 6.45) is 0.832. The Morgan fingerprint density at radius 2 is 1.88 bits per heavy atom. The molecule has 0 fully saturated rings. The van der Waals surface area contributed by atoms with Gasteiger partial charge in [-0.15, -0.1) is 0 Å². The fourth-order valence-corrected chi connectivity index (χ4v) is 2.25. The first kappa shape index (κ1) is 18.4. The highest BCUT2D eigenvalue weighted by molar-refractivity contribution is 5.93. The number of ether oxygens (including phenoxy) is 1.